The standard InChI is InChI=1S/C10H18N4/c1-5-12-8-6-7(11)13-9(14-8)10(2,3)4/h6H,5H2,1-4H3,(H3,11,12,13,14). The van der Waals surface area contributed by atoms with E-state index in [1.54, 1.807) is 6.07 Å². The number of nitrogens with zero attached hydrogens (tertiary/aromatic N) is 2. The topological polar surface area (TPSA) is 63.8 Å². The zero-order valence-corrected chi connectivity index (χ0v) is 9.26. The Balaban J connectivity index is 3.07. The second-order valence-electron chi connectivity index (χ2n) is 4.28. The maximum Gasteiger partial charge on any atom is 0.138 e. The van der Waals surface area contributed by atoms with Crippen LogP contribution in [-0.2, 0) is 5.41 Å². The molecule has 0 unspecified atom stereocenters. The van der Waals surface area contributed by atoms with E-state index in [4.69, 9.17) is 5.73 Å². The first-order chi connectivity index (χ1) is 6.43. The predicted molar refractivity (Wildman–Crippen MR) is 59.3 cm³/mol. The molecule has 0 saturated heterocycles. The van der Waals surface area contributed by atoms with Gasteiger partial charge >= 0.3 is 0 Å². The van der Waals surface area contributed by atoms with E-state index in [9.17, 15) is 0 Å². The molecule has 0 radical (unpaired) electrons. The summed E-state index contributed by atoms with van der Waals surface area (Å²) in [5.41, 5.74) is 5.63. The van der Waals surface area contributed by atoms with E-state index in [2.05, 4.69) is 36.1 Å². The molecule has 0 bridgehead atoms. The first kappa shape index (κ1) is 10.8. The summed E-state index contributed by atoms with van der Waals surface area (Å²) in [6, 6.07) is 1.75. The largest absolute Gasteiger partial charge is 0.384 e. The lowest BCUT2D eigenvalue weighted by molar-refractivity contribution is 0.547. The van der Waals surface area contributed by atoms with Crippen molar-refractivity contribution < 1.29 is 0 Å². The highest BCUT2D eigenvalue weighted by atomic mass is 15.1. The van der Waals surface area contributed by atoms with Crippen molar-refractivity contribution in [3.8, 4) is 0 Å². The van der Waals surface area contributed by atoms with Crippen LogP contribution in [-0.4, -0.2) is 16.5 Å². The Morgan fingerprint density at radius 3 is 2.50 bits per heavy atom. The predicted octanol–water partition coefficient (Wildman–Crippen LogP) is 1.79. The molecule has 4 nitrogen and oxygen atoms in total. The van der Waals surface area contributed by atoms with Crippen molar-refractivity contribution in [2.45, 2.75) is 33.1 Å². The second kappa shape index (κ2) is 3.82. The molecule has 0 spiro atoms. The maximum absolute atomic E-state index is 5.70. The molecule has 0 fully saturated rings. The minimum absolute atomic E-state index is 0.0699. The van der Waals surface area contributed by atoms with Crippen LogP contribution in [0.1, 0.15) is 33.5 Å². The van der Waals surface area contributed by atoms with Crippen LogP contribution in [0.25, 0.3) is 0 Å². The highest BCUT2D eigenvalue weighted by Gasteiger charge is 2.18. The van der Waals surface area contributed by atoms with Crippen molar-refractivity contribution in [1.29, 1.82) is 0 Å². The van der Waals surface area contributed by atoms with Crippen molar-refractivity contribution in [2.24, 2.45) is 0 Å². The van der Waals surface area contributed by atoms with Gasteiger partial charge in [0.2, 0.25) is 0 Å². The van der Waals surface area contributed by atoms with Gasteiger partial charge < -0.3 is 11.1 Å². The Hall–Kier alpha value is -1.32. The van der Waals surface area contributed by atoms with E-state index in [0.717, 1.165) is 18.2 Å². The van der Waals surface area contributed by atoms with Crippen LogP contribution in [0.3, 0.4) is 0 Å². The molecule has 1 aromatic heterocycles. The molecule has 78 valence electrons. The van der Waals surface area contributed by atoms with Gasteiger partial charge in [-0.15, -0.1) is 0 Å². The van der Waals surface area contributed by atoms with Gasteiger partial charge in [-0.05, 0) is 6.92 Å². The van der Waals surface area contributed by atoms with E-state index < -0.39 is 0 Å². The van der Waals surface area contributed by atoms with E-state index in [-0.39, 0.29) is 5.41 Å². The van der Waals surface area contributed by atoms with Gasteiger partial charge in [0.1, 0.15) is 17.5 Å². The summed E-state index contributed by atoms with van der Waals surface area (Å²) < 4.78 is 0. The zero-order valence-electron chi connectivity index (χ0n) is 9.26. The van der Waals surface area contributed by atoms with Gasteiger partial charge in [0.15, 0.2) is 0 Å². The Morgan fingerprint density at radius 1 is 1.36 bits per heavy atom. The summed E-state index contributed by atoms with van der Waals surface area (Å²) in [7, 11) is 0. The SMILES string of the molecule is CCNc1cc(N)nc(C(C)(C)C)n1. The van der Waals surface area contributed by atoms with E-state index in [1.165, 1.54) is 0 Å². The molecule has 0 aliphatic carbocycles. The number of rotatable bonds is 2. The molecule has 14 heavy (non-hydrogen) atoms. The molecule has 0 aliphatic heterocycles. The molecular weight excluding hydrogens is 176 g/mol. The number of anilines is 2. The van der Waals surface area contributed by atoms with Gasteiger partial charge in [-0.2, -0.15) is 0 Å². The molecule has 1 heterocycles. The van der Waals surface area contributed by atoms with Gasteiger partial charge in [-0.1, -0.05) is 20.8 Å². The van der Waals surface area contributed by atoms with Crippen LogP contribution in [0.4, 0.5) is 11.6 Å². The summed E-state index contributed by atoms with van der Waals surface area (Å²) in [6.45, 7) is 9.06. The first-order valence-electron chi connectivity index (χ1n) is 4.82. The fourth-order valence-corrected chi connectivity index (χ4v) is 1.07. The van der Waals surface area contributed by atoms with Crippen molar-refractivity contribution >= 4 is 11.6 Å². The third-order valence-electron chi connectivity index (χ3n) is 1.77. The molecular formula is C10H18N4. The fraction of sp³-hybridized carbons (Fsp3) is 0.600. The number of nitrogen functional groups attached to an aromatic ring is 1. The van der Waals surface area contributed by atoms with Gasteiger partial charge in [-0.25, -0.2) is 9.97 Å². The van der Waals surface area contributed by atoms with E-state index in [1.807, 2.05) is 6.92 Å². The van der Waals surface area contributed by atoms with Crippen LogP contribution in [0.2, 0.25) is 0 Å². The fourth-order valence-electron chi connectivity index (χ4n) is 1.07. The van der Waals surface area contributed by atoms with Crippen molar-refractivity contribution in [2.75, 3.05) is 17.6 Å². The van der Waals surface area contributed by atoms with Crippen molar-refractivity contribution in [3.63, 3.8) is 0 Å². The van der Waals surface area contributed by atoms with Crippen molar-refractivity contribution in [1.82, 2.24) is 9.97 Å². The van der Waals surface area contributed by atoms with Gasteiger partial charge in [0.05, 0.1) is 0 Å². The lowest BCUT2D eigenvalue weighted by atomic mass is 9.96. The molecule has 1 rings (SSSR count). The molecule has 4 heteroatoms. The van der Waals surface area contributed by atoms with Gasteiger partial charge in [-0.3, -0.25) is 0 Å². The number of hydrogen-bond acceptors (Lipinski definition) is 4. The summed E-state index contributed by atoms with van der Waals surface area (Å²) >= 11 is 0. The maximum atomic E-state index is 5.70. The number of aromatic nitrogens is 2. The van der Waals surface area contributed by atoms with Crippen LogP contribution < -0.4 is 11.1 Å². The van der Waals surface area contributed by atoms with Crippen LogP contribution in [0.5, 0.6) is 0 Å². The lowest BCUT2D eigenvalue weighted by Crippen LogP contribution is -2.18. The average Bonchev–Trinajstić information content (AvgIpc) is 2.02. The van der Waals surface area contributed by atoms with Crippen molar-refractivity contribution in [3.05, 3.63) is 11.9 Å². The number of nitrogens with one attached hydrogen (secondary N) is 1. The normalized spacial score (nSPS) is 11.4. The monoisotopic (exact) mass is 194 g/mol. The highest BCUT2D eigenvalue weighted by Crippen LogP contribution is 2.20. The smallest absolute Gasteiger partial charge is 0.138 e. The Kier molecular flexibility index (Phi) is 2.93. The lowest BCUT2D eigenvalue weighted by Gasteiger charge is -2.17. The van der Waals surface area contributed by atoms with Crippen LogP contribution >= 0.6 is 0 Å². The molecule has 0 aliphatic rings. The molecule has 1 aromatic rings. The zero-order chi connectivity index (χ0) is 10.8. The molecule has 0 aromatic carbocycles. The molecule has 0 saturated carbocycles. The quantitative estimate of drug-likeness (QED) is 0.753. The van der Waals surface area contributed by atoms with Gasteiger partial charge in [0.25, 0.3) is 0 Å². The van der Waals surface area contributed by atoms with Gasteiger partial charge in [0, 0.05) is 18.0 Å². The highest BCUT2D eigenvalue weighted by molar-refractivity contribution is 5.45. The Labute approximate surface area is 85.0 Å². The number of hydrogen-bond donors (Lipinski definition) is 2. The van der Waals surface area contributed by atoms with Crippen LogP contribution in [0.15, 0.2) is 6.07 Å². The molecule has 0 atom stereocenters. The van der Waals surface area contributed by atoms with E-state index in [0.29, 0.717) is 5.82 Å². The van der Waals surface area contributed by atoms with Crippen LogP contribution in [0, 0.1) is 0 Å². The molecule has 3 N–H and O–H groups in total. The summed E-state index contributed by atoms with van der Waals surface area (Å²) in [5.74, 6) is 2.08. The van der Waals surface area contributed by atoms with E-state index >= 15 is 0 Å². The third kappa shape index (κ3) is 2.58. The Morgan fingerprint density at radius 2 is 2.00 bits per heavy atom. The first-order valence-corrected chi connectivity index (χ1v) is 4.82. The minimum atomic E-state index is -0.0699. The summed E-state index contributed by atoms with van der Waals surface area (Å²) in [4.78, 5) is 8.61. The minimum Gasteiger partial charge on any atom is -0.384 e. The Bertz CT molecular complexity index is 314. The molecule has 0 amide bonds. The second-order valence-corrected chi connectivity index (χ2v) is 4.28. The number of nitrogens with two attached hydrogens (primary N) is 1. The third-order valence-corrected chi connectivity index (χ3v) is 1.77. The average molecular weight is 194 g/mol. The summed E-state index contributed by atoms with van der Waals surface area (Å²) in [5, 5.41) is 3.13. The summed E-state index contributed by atoms with van der Waals surface area (Å²) in [6.07, 6.45) is 0.